The molecule has 1 aromatic carbocycles. The van der Waals surface area contributed by atoms with Crippen LogP contribution in [0.25, 0.3) is 10.9 Å². The van der Waals surface area contributed by atoms with Crippen molar-refractivity contribution in [2.75, 3.05) is 5.32 Å². The van der Waals surface area contributed by atoms with Crippen LogP contribution in [0.3, 0.4) is 0 Å². The summed E-state index contributed by atoms with van der Waals surface area (Å²) >= 11 is 0. The molecule has 1 N–H and O–H groups in total. The van der Waals surface area contributed by atoms with Gasteiger partial charge in [-0.1, -0.05) is 6.07 Å². The van der Waals surface area contributed by atoms with Crippen LogP contribution in [0.2, 0.25) is 0 Å². The largest absolute Gasteiger partial charge is 0.350 e. The maximum Gasteiger partial charge on any atom is 0.267 e. The molecular weight excluding hydrogens is 316 g/mol. The first kappa shape index (κ1) is 15.6. The summed E-state index contributed by atoms with van der Waals surface area (Å²) in [5.41, 5.74) is 3.55. The molecule has 128 valence electrons. The fourth-order valence-corrected chi connectivity index (χ4v) is 3.45. The number of carbonyl (C=O) groups is 1. The van der Waals surface area contributed by atoms with E-state index in [9.17, 15) is 9.59 Å². The van der Waals surface area contributed by atoms with Crippen LogP contribution in [0.1, 0.15) is 24.1 Å². The molecule has 0 fully saturated rings. The molecule has 1 amide bonds. The van der Waals surface area contributed by atoms with E-state index in [1.54, 1.807) is 6.07 Å². The second-order valence-electron chi connectivity index (χ2n) is 6.53. The molecule has 1 aliphatic carbocycles. The van der Waals surface area contributed by atoms with Gasteiger partial charge in [-0.15, -0.1) is 0 Å². The van der Waals surface area contributed by atoms with Crippen molar-refractivity contribution in [1.29, 1.82) is 0 Å². The number of aryl methyl sites for hydroxylation is 3. The number of hydrogen-bond acceptors (Lipinski definition) is 3. The molecule has 1 aliphatic rings. The van der Waals surface area contributed by atoms with Gasteiger partial charge in [-0.3, -0.25) is 9.59 Å². The van der Waals surface area contributed by atoms with E-state index in [2.05, 4.69) is 10.4 Å². The predicted octanol–water partition coefficient (Wildman–Crippen LogP) is 2.25. The molecule has 4 rings (SSSR count). The summed E-state index contributed by atoms with van der Waals surface area (Å²) in [4.78, 5) is 24.6. The minimum atomic E-state index is -0.248. The van der Waals surface area contributed by atoms with Gasteiger partial charge < -0.3 is 9.88 Å². The highest BCUT2D eigenvalue weighted by molar-refractivity contribution is 6.01. The first-order chi connectivity index (χ1) is 12.1. The van der Waals surface area contributed by atoms with E-state index in [1.807, 2.05) is 42.1 Å². The quantitative estimate of drug-likeness (QED) is 0.797. The van der Waals surface area contributed by atoms with Crippen molar-refractivity contribution in [2.24, 2.45) is 7.05 Å². The predicted molar refractivity (Wildman–Crippen MR) is 96.7 cm³/mol. The Hall–Kier alpha value is -2.89. The third-order valence-electron chi connectivity index (χ3n) is 4.77. The molecule has 0 atom stereocenters. The van der Waals surface area contributed by atoms with Gasteiger partial charge >= 0.3 is 0 Å². The minimum absolute atomic E-state index is 0.0741. The zero-order valence-corrected chi connectivity index (χ0v) is 14.2. The molecule has 0 unspecified atom stereocenters. The molecule has 0 bridgehead atoms. The van der Waals surface area contributed by atoms with Crippen molar-refractivity contribution in [2.45, 2.75) is 32.2 Å². The van der Waals surface area contributed by atoms with Crippen LogP contribution in [0.15, 0.2) is 41.3 Å². The zero-order chi connectivity index (χ0) is 17.4. The highest BCUT2D eigenvalue weighted by Crippen LogP contribution is 2.23. The second kappa shape index (κ2) is 6.20. The van der Waals surface area contributed by atoms with Gasteiger partial charge in [0.2, 0.25) is 5.91 Å². The number of anilines is 1. The molecule has 3 aromatic rings. The Labute approximate surface area is 145 Å². The van der Waals surface area contributed by atoms with Crippen molar-refractivity contribution in [3.8, 4) is 0 Å². The van der Waals surface area contributed by atoms with Crippen molar-refractivity contribution < 1.29 is 4.79 Å². The van der Waals surface area contributed by atoms with Gasteiger partial charge in [0.15, 0.2) is 0 Å². The SMILES string of the molecule is Cn1ccc2c(NC(=O)Cn3nc4c(cc3=O)CCCC4)cccc21. The average molecular weight is 336 g/mol. The molecule has 25 heavy (non-hydrogen) atoms. The van der Waals surface area contributed by atoms with Gasteiger partial charge in [-0.05, 0) is 49.4 Å². The Morgan fingerprint density at radius 3 is 2.96 bits per heavy atom. The molecular formula is C19H20N4O2. The fourth-order valence-electron chi connectivity index (χ4n) is 3.45. The topological polar surface area (TPSA) is 68.9 Å². The van der Waals surface area contributed by atoms with Gasteiger partial charge in [0.05, 0.1) is 11.4 Å². The van der Waals surface area contributed by atoms with Crippen LogP contribution in [-0.2, 0) is 31.2 Å². The number of rotatable bonds is 3. The van der Waals surface area contributed by atoms with E-state index >= 15 is 0 Å². The maximum atomic E-state index is 12.4. The van der Waals surface area contributed by atoms with Crippen molar-refractivity contribution in [3.63, 3.8) is 0 Å². The normalized spacial score (nSPS) is 13.6. The summed E-state index contributed by atoms with van der Waals surface area (Å²) in [6.45, 7) is -0.0741. The monoisotopic (exact) mass is 336 g/mol. The number of fused-ring (bicyclic) bond motifs is 2. The third-order valence-corrected chi connectivity index (χ3v) is 4.77. The lowest BCUT2D eigenvalue weighted by Crippen LogP contribution is -2.31. The first-order valence-corrected chi connectivity index (χ1v) is 8.55. The van der Waals surface area contributed by atoms with E-state index in [0.717, 1.165) is 53.5 Å². The summed E-state index contributed by atoms with van der Waals surface area (Å²) in [5, 5.41) is 8.28. The Morgan fingerprint density at radius 2 is 2.08 bits per heavy atom. The lowest BCUT2D eigenvalue weighted by Gasteiger charge is -2.15. The molecule has 0 spiro atoms. The Morgan fingerprint density at radius 1 is 1.24 bits per heavy atom. The lowest BCUT2D eigenvalue weighted by molar-refractivity contribution is -0.117. The smallest absolute Gasteiger partial charge is 0.267 e. The molecule has 0 saturated carbocycles. The summed E-state index contributed by atoms with van der Waals surface area (Å²) in [6.07, 6.45) is 5.91. The number of nitrogens with zero attached hydrogens (tertiary/aromatic N) is 3. The molecule has 2 aromatic heterocycles. The summed E-state index contributed by atoms with van der Waals surface area (Å²) in [7, 11) is 1.96. The van der Waals surface area contributed by atoms with Gasteiger partial charge in [0.25, 0.3) is 5.56 Å². The van der Waals surface area contributed by atoms with Crippen molar-refractivity contribution in [3.05, 3.63) is 58.1 Å². The van der Waals surface area contributed by atoms with Gasteiger partial charge in [0.1, 0.15) is 6.54 Å². The maximum absolute atomic E-state index is 12.4. The van der Waals surface area contributed by atoms with Gasteiger partial charge in [-0.2, -0.15) is 5.10 Å². The van der Waals surface area contributed by atoms with Crippen molar-refractivity contribution in [1.82, 2.24) is 14.3 Å². The number of nitrogens with one attached hydrogen (secondary N) is 1. The summed E-state index contributed by atoms with van der Waals surface area (Å²) in [5.74, 6) is -0.248. The van der Waals surface area contributed by atoms with Crippen molar-refractivity contribution >= 4 is 22.5 Å². The summed E-state index contributed by atoms with van der Waals surface area (Å²) in [6, 6.07) is 9.37. The Balaban J connectivity index is 1.57. The number of hydrogen-bond donors (Lipinski definition) is 1. The fraction of sp³-hybridized carbons (Fsp3) is 0.316. The van der Waals surface area contributed by atoms with Crippen LogP contribution in [0, 0.1) is 0 Å². The third kappa shape index (κ3) is 2.95. The van der Waals surface area contributed by atoms with Crippen LogP contribution in [0.4, 0.5) is 5.69 Å². The number of amides is 1. The second-order valence-corrected chi connectivity index (χ2v) is 6.53. The molecule has 6 heteroatoms. The lowest BCUT2D eigenvalue weighted by atomic mass is 9.97. The number of carbonyl (C=O) groups excluding carboxylic acids is 1. The molecule has 2 heterocycles. The van der Waals surface area contributed by atoms with Gasteiger partial charge in [0, 0.05) is 30.2 Å². The van der Waals surface area contributed by atoms with Crippen LogP contribution in [0.5, 0.6) is 0 Å². The first-order valence-electron chi connectivity index (χ1n) is 8.55. The molecule has 6 nitrogen and oxygen atoms in total. The summed E-state index contributed by atoms with van der Waals surface area (Å²) < 4.78 is 3.27. The average Bonchev–Trinajstić information content (AvgIpc) is 2.98. The Kier molecular flexibility index (Phi) is 3.87. The van der Waals surface area contributed by atoms with E-state index < -0.39 is 0 Å². The zero-order valence-electron chi connectivity index (χ0n) is 14.2. The van der Waals surface area contributed by atoms with Crippen LogP contribution in [-0.4, -0.2) is 20.3 Å². The number of aromatic nitrogens is 3. The highest BCUT2D eigenvalue weighted by Gasteiger charge is 2.15. The standard InChI is InChI=1S/C19H20N4O2/c1-22-10-9-14-16(7-4-8-17(14)22)20-18(24)12-23-19(25)11-13-5-2-3-6-15(13)21-23/h4,7-11H,2-3,5-6,12H2,1H3,(H,20,24). The van der Waals surface area contributed by atoms with E-state index in [1.165, 1.54) is 4.68 Å². The van der Waals surface area contributed by atoms with Crippen LogP contribution >= 0.6 is 0 Å². The van der Waals surface area contributed by atoms with E-state index in [4.69, 9.17) is 0 Å². The van der Waals surface area contributed by atoms with Crippen LogP contribution < -0.4 is 10.9 Å². The van der Waals surface area contributed by atoms with E-state index in [-0.39, 0.29) is 18.0 Å². The highest BCUT2D eigenvalue weighted by atomic mass is 16.2. The minimum Gasteiger partial charge on any atom is -0.350 e. The number of benzene rings is 1. The molecule has 0 aliphatic heterocycles. The molecule has 0 saturated heterocycles. The molecule has 0 radical (unpaired) electrons. The Bertz CT molecular complexity index is 1020. The van der Waals surface area contributed by atoms with Gasteiger partial charge in [-0.25, -0.2) is 4.68 Å². The van der Waals surface area contributed by atoms with E-state index in [0.29, 0.717) is 0 Å².